The molecule has 0 radical (unpaired) electrons. The van der Waals surface area contributed by atoms with Crippen LogP contribution in [0.4, 0.5) is 0 Å². The Balaban J connectivity index is 2.78. The van der Waals surface area contributed by atoms with Gasteiger partial charge in [-0.1, -0.05) is 12.1 Å². The highest BCUT2D eigenvalue weighted by atomic mass is 16.5. The van der Waals surface area contributed by atoms with E-state index in [2.05, 4.69) is 0 Å². The Kier molecular flexibility index (Phi) is 3.74. The van der Waals surface area contributed by atoms with Gasteiger partial charge in [-0.3, -0.25) is 4.79 Å². The van der Waals surface area contributed by atoms with Crippen molar-refractivity contribution in [3.8, 4) is 0 Å². The Labute approximate surface area is 116 Å². The topological polar surface area (TPSA) is 71.3 Å². The molecule has 0 spiro atoms. The van der Waals surface area contributed by atoms with Crippen LogP contribution in [0.5, 0.6) is 0 Å². The maximum atomic E-state index is 12.4. The summed E-state index contributed by atoms with van der Waals surface area (Å²) in [5.74, 6) is -0.419. The Morgan fingerprint density at radius 3 is 2.50 bits per heavy atom. The molecule has 0 N–H and O–H groups in total. The molecule has 0 aliphatic carbocycles. The van der Waals surface area contributed by atoms with Crippen molar-refractivity contribution in [2.45, 2.75) is 20.8 Å². The van der Waals surface area contributed by atoms with Crippen molar-refractivity contribution >= 4 is 16.9 Å². The van der Waals surface area contributed by atoms with Crippen molar-refractivity contribution < 1.29 is 9.22 Å². The van der Waals surface area contributed by atoms with Gasteiger partial charge in [-0.2, -0.15) is 0 Å². The molecule has 2 rings (SSSR count). The van der Waals surface area contributed by atoms with Gasteiger partial charge in [-0.05, 0) is 26.8 Å². The molecule has 0 unspecified atom stereocenters. The largest absolute Gasteiger partial charge is 0.805 e. The van der Waals surface area contributed by atoms with E-state index in [1.807, 2.05) is 13.8 Å². The van der Waals surface area contributed by atoms with Gasteiger partial charge in [0.05, 0.1) is 10.1 Å². The number of fused-ring (bicyclic) bond motifs is 1. The van der Waals surface area contributed by atoms with E-state index >= 15 is 0 Å². The number of hydrogen-bond donors (Lipinski definition) is 0. The first-order chi connectivity index (χ1) is 9.52. The number of nitrogens with zero attached hydrogens (tertiary/aromatic N) is 3. The second kappa shape index (κ2) is 5.32. The van der Waals surface area contributed by atoms with E-state index in [9.17, 15) is 14.9 Å². The number of hydrogen-bond acceptors (Lipinski definition) is 3. The lowest BCUT2D eigenvalue weighted by Crippen LogP contribution is -2.39. The molecule has 1 amide bonds. The molecule has 1 aromatic carbocycles. The van der Waals surface area contributed by atoms with Crippen LogP contribution in [0.25, 0.3) is 11.0 Å². The van der Waals surface area contributed by atoms with Crippen LogP contribution in [0, 0.1) is 17.0 Å². The van der Waals surface area contributed by atoms with Gasteiger partial charge >= 0.3 is 11.6 Å². The van der Waals surface area contributed by atoms with Crippen LogP contribution in [-0.4, -0.2) is 28.6 Å². The summed E-state index contributed by atoms with van der Waals surface area (Å²) < 4.78 is 1.19. The molecular formula is C14H17N3O3. The summed E-state index contributed by atoms with van der Waals surface area (Å²) in [7, 11) is 0. The average molecular weight is 275 g/mol. The second-order valence-electron chi connectivity index (χ2n) is 4.49. The van der Waals surface area contributed by atoms with Gasteiger partial charge in [0.1, 0.15) is 5.52 Å². The van der Waals surface area contributed by atoms with E-state index in [4.69, 9.17) is 0 Å². The molecule has 0 fully saturated rings. The number of aromatic nitrogens is 2. The number of rotatable bonds is 3. The quantitative estimate of drug-likeness (QED) is 0.800. The summed E-state index contributed by atoms with van der Waals surface area (Å²) in [6.45, 7) is 6.13. The number of amides is 1. The van der Waals surface area contributed by atoms with Crippen molar-refractivity contribution in [3.05, 3.63) is 45.8 Å². The molecule has 20 heavy (non-hydrogen) atoms. The van der Waals surface area contributed by atoms with Crippen LogP contribution < -0.4 is 4.43 Å². The van der Waals surface area contributed by atoms with Gasteiger partial charge in [0.25, 0.3) is 5.52 Å². The zero-order valence-electron chi connectivity index (χ0n) is 11.8. The Bertz CT molecular complexity index is 717. The molecule has 0 saturated carbocycles. The first-order valence-electron chi connectivity index (χ1n) is 6.56. The maximum absolute atomic E-state index is 12.4. The van der Waals surface area contributed by atoms with Crippen molar-refractivity contribution in [1.82, 2.24) is 9.63 Å². The monoisotopic (exact) mass is 275 g/mol. The van der Waals surface area contributed by atoms with Crippen LogP contribution in [0.15, 0.2) is 24.3 Å². The van der Waals surface area contributed by atoms with Gasteiger partial charge in [0.15, 0.2) is 0 Å². The van der Waals surface area contributed by atoms with E-state index in [0.717, 1.165) is 0 Å². The van der Waals surface area contributed by atoms with Crippen molar-refractivity contribution in [2.75, 3.05) is 13.1 Å². The van der Waals surface area contributed by atoms with Crippen molar-refractivity contribution in [1.29, 1.82) is 0 Å². The molecule has 1 aromatic heterocycles. The summed E-state index contributed by atoms with van der Waals surface area (Å²) in [6, 6.07) is 6.45. The molecule has 0 saturated heterocycles. The van der Waals surface area contributed by atoms with Crippen LogP contribution in [-0.2, 0) is 0 Å². The highest BCUT2D eigenvalue weighted by molar-refractivity contribution is 5.93. The minimum absolute atomic E-state index is 0.109. The third kappa shape index (κ3) is 2.03. The lowest BCUT2D eigenvalue weighted by molar-refractivity contribution is -0.469. The fourth-order valence-corrected chi connectivity index (χ4v) is 2.25. The number of carbonyl (C=O) groups excluding carboxylic acids is 1. The molecule has 0 aliphatic heterocycles. The molecular weight excluding hydrogens is 258 g/mol. The van der Waals surface area contributed by atoms with Gasteiger partial charge < -0.3 is 14.8 Å². The third-order valence-electron chi connectivity index (χ3n) is 3.42. The maximum Gasteiger partial charge on any atom is 0.346 e. The number of carbonyl (C=O) groups is 1. The summed E-state index contributed by atoms with van der Waals surface area (Å²) >= 11 is 0. The van der Waals surface area contributed by atoms with Gasteiger partial charge in [0, 0.05) is 24.1 Å². The summed E-state index contributed by atoms with van der Waals surface area (Å²) in [5, 5.41) is 12.2. The molecule has 0 atom stereocenters. The normalized spacial score (nSPS) is 10.8. The number of benzene rings is 1. The highest BCUT2D eigenvalue weighted by Gasteiger charge is 2.29. The molecule has 6 nitrogen and oxygen atoms in total. The zero-order valence-corrected chi connectivity index (χ0v) is 11.8. The predicted octanol–water partition coefficient (Wildman–Crippen LogP) is 1.69. The molecule has 0 bridgehead atoms. The highest BCUT2D eigenvalue weighted by Crippen LogP contribution is 2.14. The van der Waals surface area contributed by atoms with Crippen molar-refractivity contribution in [2.24, 2.45) is 0 Å². The summed E-state index contributed by atoms with van der Waals surface area (Å²) in [4.78, 5) is 26.3. The lowest BCUT2D eigenvalue weighted by Gasteiger charge is -2.20. The van der Waals surface area contributed by atoms with Crippen LogP contribution in [0.1, 0.15) is 30.0 Å². The molecule has 1 heterocycles. The minimum Gasteiger partial charge on any atom is -0.805 e. The van der Waals surface area contributed by atoms with E-state index in [1.165, 1.54) is 17.9 Å². The molecule has 106 valence electrons. The van der Waals surface area contributed by atoms with Crippen LogP contribution in [0.2, 0.25) is 0 Å². The minimum atomic E-state index is -0.419. The smallest absolute Gasteiger partial charge is 0.346 e. The first-order valence-corrected chi connectivity index (χ1v) is 6.56. The average Bonchev–Trinajstić information content (AvgIpc) is 2.46. The number of para-hydroxylation sites is 2. The standard InChI is InChI=1S/C14H17N3O3/c1-4-15(5-2)14(18)13-10(3)16(19)11-8-6-7-9-12(11)17(13)20/h6-9H,4-5H2,1-3H3. The SMILES string of the molecule is CCN(CC)C(=O)c1c(C)n([O-])c2ccccc2[n+]1=O. The van der Waals surface area contributed by atoms with Gasteiger partial charge in [-0.25, -0.2) is 0 Å². The van der Waals surface area contributed by atoms with Crippen molar-refractivity contribution in [3.63, 3.8) is 0 Å². The Morgan fingerprint density at radius 1 is 1.30 bits per heavy atom. The van der Waals surface area contributed by atoms with E-state index in [1.54, 1.807) is 18.2 Å². The first kappa shape index (κ1) is 14.0. The summed E-state index contributed by atoms with van der Waals surface area (Å²) in [5.41, 5.74) is 0.470. The Hall–Kier alpha value is -2.37. The van der Waals surface area contributed by atoms with Gasteiger partial charge in [0.2, 0.25) is 0 Å². The van der Waals surface area contributed by atoms with Crippen LogP contribution >= 0.6 is 0 Å². The third-order valence-corrected chi connectivity index (χ3v) is 3.42. The summed E-state index contributed by atoms with van der Waals surface area (Å²) in [6.07, 6.45) is 0. The van der Waals surface area contributed by atoms with Crippen LogP contribution in [0.3, 0.4) is 0 Å². The van der Waals surface area contributed by atoms with Gasteiger partial charge in [-0.15, -0.1) is 0 Å². The molecule has 0 aliphatic rings. The fourth-order valence-electron chi connectivity index (χ4n) is 2.25. The lowest BCUT2D eigenvalue weighted by atomic mass is 10.2. The predicted molar refractivity (Wildman–Crippen MR) is 76.1 cm³/mol. The zero-order chi connectivity index (χ0) is 14.9. The second-order valence-corrected chi connectivity index (χ2v) is 4.49. The molecule has 2 aromatic rings. The van der Waals surface area contributed by atoms with E-state index in [-0.39, 0.29) is 22.4 Å². The fraction of sp³-hybridized carbons (Fsp3) is 0.357. The molecule has 6 heteroatoms. The van der Waals surface area contributed by atoms with E-state index < -0.39 is 5.91 Å². The van der Waals surface area contributed by atoms with E-state index in [0.29, 0.717) is 22.2 Å². The Morgan fingerprint density at radius 2 is 1.90 bits per heavy atom.